The van der Waals surface area contributed by atoms with E-state index in [-0.39, 0.29) is 18.1 Å². The van der Waals surface area contributed by atoms with Crippen LogP contribution in [0.1, 0.15) is 12.0 Å². The zero-order chi connectivity index (χ0) is 14.8. The molecule has 0 radical (unpaired) electrons. The highest BCUT2D eigenvalue weighted by Gasteiger charge is 2.18. The normalized spacial score (nSPS) is 13.8. The van der Waals surface area contributed by atoms with Gasteiger partial charge in [0.25, 0.3) is 0 Å². The molecule has 0 bridgehead atoms. The van der Waals surface area contributed by atoms with Gasteiger partial charge in [0.2, 0.25) is 0 Å². The summed E-state index contributed by atoms with van der Waals surface area (Å²) >= 11 is 1.72. The fourth-order valence-electron chi connectivity index (χ4n) is 1.96. The number of carbonyl (C=O) groups is 1. The van der Waals surface area contributed by atoms with E-state index in [0.717, 1.165) is 18.6 Å². The number of esters is 1. The second-order valence-corrected chi connectivity index (χ2v) is 5.70. The van der Waals surface area contributed by atoms with Crippen LogP contribution in [0.5, 0.6) is 0 Å². The number of ether oxygens (including phenoxy) is 1. The van der Waals surface area contributed by atoms with E-state index in [1.807, 2.05) is 24.5 Å². The van der Waals surface area contributed by atoms with Crippen LogP contribution in [0, 0.1) is 0 Å². The molecule has 1 aromatic rings. The van der Waals surface area contributed by atoms with Crippen LogP contribution in [0.4, 0.5) is 0 Å². The van der Waals surface area contributed by atoms with E-state index in [9.17, 15) is 4.79 Å². The number of nitrogens with two attached hydrogens (primary N) is 1. The van der Waals surface area contributed by atoms with Gasteiger partial charge >= 0.3 is 5.97 Å². The van der Waals surface area contributed by atoms with Crippen molar-refractivity contribution in [3.05, 3.63) is 35.9 Å². The molecule has 5 heteroatoms. The quantitative estimate of drug-likeness (QED) is 0.675. The predicted octanol–water partition coefficient (Wildman–Crippen LogP) is 1.44. The number of carbonyl (C=O) groups excluding carboxylic acids is 1. The van der Waals surface area contributed by atoms with Gasteiger partial charge in [-0.05, 0) is 30.4 Å². The number of hydrogen-bond donors (Lipinski definition) is 2. The maximum absolute atomic E-state index is 11.7. The highest BCUT2D eigenvalue weighted by atomic mass is 32.2. The van der Waals surface area contributed by atoms with Crippen molar-refractivity contribution in [2.75, 3.05) is 25.7 Å². The Bertz CT molecular complexity index is 387. The van der Waals surface area contributed by atoms with Crippen LogP contribution in [0.3, 0.4) is 0 Å². The molecule has 0 aromatic heterocycles. The summed E-state index contributed by atoms with van der Waals surface area (Å²) in [7, 11) is 1.42. The van der Waals surface area contributed by atoms with Crippen LogP contribution < -0.4 is 11.1 Å². The van der Waals surface area contributed by atoms with Crippen molar-refractivity contribution >= 4 is 17.7 Å². The minimum Gasteiger partial charge on any atom is -0.468 e. The Balaban J connectivity index is 2.39. The number of thioether (sulfide) groups is 1. The highest BCUT2D eigenvalue weighted by molar-refractivity contribution is 7.98. The van der Waals surface area contributed by atoms with Crippen molar-refractivity contribution in [1.82, 2.24) is 5.32 Å². The molecular formula is C15H24N2O2S. The number of rotatable bonds is 9. The molecule has 0 spiro atoms. The van der Waals surface area contributed by atoms with E-state index >= 15 is 0 Å². The summed E-state index contributed by atoms with van der Waals surface area (Å²) in [5.74, 6) is 0.701. The summed E-state index contributed by atoms with van der Waals surface area (Å²) in [5.41, 5.74) is 7.31. The van der Waals surface area contributed by atoms with Crippen LogP contribution >= 0.6 is 11.8 Å². The van der Waals surface area contributed by atoms with E-state index < -0.39 is 0 Å². The molecule has 0 aliphatic heterocycles. The third-order valence-electron chi connectivity index (χ3n) is 3.06. The number of methoxy groups -OCH3 is 1. The van der Waals surface area contributed by atoms with Gasteiger partial charge in [-0.15, -0.1) is 0 Å². The summed E-state index contributed by atoms with van der Waals surface area (Å²) < 4.78 is 4.81. The molecule has 0 aliphatic carbocycles. The van der Waals surface area contributed by atoms with Gasteiger partial charge in [0, 0.05) is 12.6 Å². The molecule has 20 heavy (non-hydrogen) atoms. The second-order valence-electron chi connectivity index (χ2n) is 4.72. The van der Waals surface area contributed by atoms with Gasteiger partial charge in [0.05, 0.1) is 7.11 Å². The molecule has 112 valence electrons. The summed E-state index contributed by atoms with van der Waals surface area (Å²) in [6.45, 7) is 0.600. The number of hydrogen-bond acceptors (Lipinski definition) is 5. The first-order chi connectivity index (χ1) is 9.67. The fourth-order valence-corrected chi connectivity index (χ4v) is 2.44. The summed E-state index contributed by atoms with van der Waals surface area (Å²) in [4.78, 5) is 11.7. The first kappa shape index (κ1) is 17.0. The lowest BCUT2D eigenvalue weighted by atomic mass is 10.1. The lowest BCUT2D eigenvalue weighted by Crippen LogP contribution is -2.45. The molecule has 0 heterocycles. The first-order valence-corrected chi connectivity index (χ1v) is 8.16. The monoisotopic (exact) mass is 296 g/mol. The Morgan fingerprint density at radius 3 is 2.70 bits per heavy atom. The molecule has 0 fully saturated rings. The maximum atomic E-state index is 11.7. The fraction of sp³-hybridized carbons (Fsp3) is 0.533. The van der Waals surface area contributed by atoms with Crippen molar-refractivity contribution in [2.45, 2.75) is 24.9 Å². The summed E-state index contributed by atoms with van der Waals surface area (Å²) in [6, 6.07) is 9.84. The standard InChI is InChI=1S/C15H24N2O2S/c1-19-15(18)14(8-9-20-2)17-11-13(16)10-12-6-4-3-5-7-12/h3-7,13-14,17H,8-11,16H2,1-2H3/t13-,14+/m1/s1. The van der Waals surface area contributed by atoms with E-state index in [4.69, 9.17) is 10.5 Å². The largest absolute Gasteiger partial charge is 0.468 e. The topological polar surface area (TPSA) is 64.3 Å². The van der Waals surface area contributed by atoms with Crippen molar-refractivity contribution in [3.8, 4) is 0 Å². The van der Waals surface area contributed by atoms with Crippen LogP contribution in [0.25, 0.3) is 0 Å². The molecule has 0 amide bonds. The molecule has 0 saturated heterocycles. The van der Waals surface area contributed by atoms with Crippen molar-refractivity contribution in [1.29, 1.82) is 0 Å². The lowest BCUT2D eigenvalue weighted by molar-refractivity contribution is -0.143. The SMILES string of the molecule is COC(=O)[C@H](CCSC)NC[C@H](N)Cc1ccccc1. The highest BCUT2D eigenvalue weighted by Crippen LogP contribution is 2.04. The molecule has 0 aliphatic rings. The van der Waals surface area contributed by atoms with E-state index in [2.05, 4.69) is 17.4 Å². The molecule has 4 nitrogen and oxygen atoms in total. The van der Waals surface area contributed by atoms with Crippen LogP contribution in [0.2, 0.25) is 0 Å². The van der Waals surface area contributed by atoms with Crippen molar-refractivity contribution < 1.29 is 9.53 Å². The Kier molecular flexibility index (Phi) is 8.34. The van der Waals surface area contributed by atoms with Crippen LogP contribution in [0.15, 0.2) is 30.3 Å². The smallest absolute Gasteiger partial charge is 0.322 e. The summed E-state index contributed by atoms with van der Waals surface area (Å²) in [5, 5.41) is 3.21. The third kappa shape index (κ3) is 6.41. The Morgan fingerprint density at radius 1 is 1.40 bits per heavy atom. The maximum Gasteiger partial charge on any atom is 0.322 e. The Morgan fingerprint density at radius 2 is 2.10 bits per heavy atom. The van der Waals surface area contributed by atoms with E-state index in [1.165, 1.54) is 12.7 Å². The number of benzene rings is 1. The molecule has 0 unspecified atom stereocenters. The minimum atomic E-state index is -0.269. The lowest BCUT2D eigenvalue weighted by Gasteiger charge is -2.19. The van der Waals surface area contributed by atoms with Crippen molar-refractivity contribution in [3.63, 3.8) is 0 Å². The van der Waals surface area contributed by atoms with Gasteiger partial charge in [-0.25, -0.2) is 0 Å². The van der Waals surface area contributed by atoms with Crippen LogP contribution in [-0.2, 0) is 16.0 Å². The summed E-state index contributed by atoms with van der Waals surface area (Å²) in [6.07, 6.45) is 3.58. The average molecular weight is 296 g/mol. The Hall–Kier alpha value is -1.04. The zero-order valence-electron chi connectivity index (χ0n) is 12.2. The first-order valence-electron chi connectivity index (χ1n) is 6.77. The van der Waals surface area contributed by atoms with Gasteiger partial charge < -0.3 is 15.8 Å². The van der Waals surface area contributed by atoms with Gasteiger partial charge in [-0.1, -0.05) is 30.3 Å². The van der Waals surface area contributed by atoms with Crippen LogP contribution in [-0.4, -0.2) is 43.7 Å². The molecule has 2 atom stereocenters. The predicted molar refractivity (Wildman–Crippen MR) is 84.9 cm³/mol. The van der Waals surface area contributed by atoms with Gasteiger partial charge in [-0.3, -0.25) is 4.79 Å². The minimum absolute atomic E-state index is 0.0150. The van der Waals surface area contributed by atoms with E-state index in [1.54, 1.807) is 11.8 Å². The average Bonchev–Trinajstić information content (AvgIpc) is 2.47. The van der Waals surface area contributed by atoms with Gasteiger partial charge in [0.15, 0.2) is 0 Å². The zero-order valence-corrected chi connectivity index (χ0v) is 13.0. The Labute approximate surface area is 125 Å². The number of nitrogens with one attached hydrogen (secondary N) is 1. The molecule has 3 N–H and O–H groups in total. The molecule has 1 aromatic carbocycles. The molecule has 0 saturated carbocycles. The van der Waals surface area contributed by atoms with E-state index in [0.29, 0.717) is 6.54 Å². The van der Waals surface area contributed by atoms with Gasteiger partial charge in [0.1, 0.15) is 6.04 Å². The molecule has 1 rings (SSSR count). The third-order valence-corrected chi connectivity index (χ3v) is 3.71. The second kappa shape index (κ2) is 9.80. The van der Waals surface area contributed by atoms with Gasteiger partial charge in [-0.2, -0.15) is 11.8 Å². The molecular weight excluding hydrogens is 272 g/mol. The van der Waals surface area contributed by atoms with Crippen molar-refractivity contribution in [2.24, 2.45) is 5.73 Å².